The maximum Gasteiger partial charge on any atom is 0.225 e. The quantitative estimate of drug-likeness (QED) is 0.516. The number of pyridine rings is 1. The van der Waals surface area contributed by atoms with Crippen LogP contribution in [-0.2, 0) is 4.79 Å². The maximum atomic E-state index is 12.1. The first-order valence-electron chi connectivity index (χ1n) is 8.85. The number of aryl methyl sites for hydroxylation is 2. The van der Waals surface area contributed by atoms with E-state index in [0.717, 1.165) is 22.0 Å². The van der Waals surface area contributed by atoms with E-state index in [-0.39, 0.29) is 5.91 Å². The van der Waals surface area contributed by atoms with Crippen molar-refractivity contribution in [2.24, 2.45) is 0 Å². The van der Waals surface area contributed by atoms with E-state index in [1.165, 1.54) is 16.5 Å². The SMILES string of the molecule is Cc1cc2nnc(SCCC(=O)Nc3ccccc3)n2c2c(C)cccc12. The van der Waals surface area contributed by atoms with Crippen molar-refractivity contribution in [1.82, 2.24) is 14.6 Å². The van der Waals surface area contributed by atoms with Crippen molar-refractivity contribution in [3.8, 4) is 0 Å². The average Bonchev–Trinajstić information content (AvgIpc) is 3.05. The summed E-state index contributed by atoms with van der Waals surface area (Å²) in [4.78, 5) is 12.1. The molecule has 136 valence electrons. The number of nitrogens with one attached hydrogen (secondary N) is 1. The first-order chi connectivity index (χ1) is 13.1. The van der Waals surface area contributed by atoms with Crippen molar-refractivity contribution < 1.29 is 4.79 Å². The molecule has 0 radical (unpaired) electrons. The van der Waals surface area contributed by atoms with E-state index in [4.69, 9.17) is 0 Å². The summed E-state index contributed by atoms with van der Waals surface area (Å²) in [5.41, 5.74) is 5.16. The third kappa shape index (κ3) is 3.53. The largest absolute Gasteiger partial charge is 0.326 e. The second kappa shape index (κ2) is 7.40. The van der Waals surface area contributed by atoms with Gasteiger partial charge in [0.05, 0.1) is 5.52 Å². The van der Waals surface area contributed by atoms with Crippen molar-refractivity contribution >= 4 is 39.9 Å². The smallest absolute Gasteiger partial charge is 0.225 e. The van der Waals surface area contributed by atoms with Crippen molar-refractivity contribution in [1.29, 1.82) is 0 Å². The van der Waals surface area contributed by atoms with Crippen LogP contribution in [0.3, 0.4) is 0 Å². The predicted molar refractivity (Wildman–Crippen MR) is 110 cm³/mol. The fraction of sp³-hybridized carbons (Fsp3) is 0.190. The first-order valence-corrected chi connectivity index (χ1v) is 9.84. The summed E-state index contributed by atoms with van der Waals surface area (Å²) in [6, 6.07) is 17.9. The number of carbonyl (C=O) groups is 1. The van der Waals surface area contributed by atoms with Crippen LogP contribution in [-0.4, -0.2) is 26.3 Å². The van der Waals surface area contributed by atoms with Crippen LogP contribution >= 0.6 is 11.8 Å². The summed E-state index contributed by atoms with van der Waals surface area (Å²) in [7, 11) is 0. The Balaban J connectivity index is 1.54. The molecule has 0 spiro atoms. The number of aromatic nitrogens is 3. The van der Waals surface area contributed by atoms with Crippen LogP contribution in [0.15, 0.2) is 59.8 Å². The Labute approximate surface area is 161 Å². The molecular weight excluding hydrogens is 356 g/mol. The second-order valence-electron chi connectivity index (χ2n) is 6.49. The van der Waals surface area contributed by atoms with Crippen molar-refractivity contribution in [2.75, 3.05) is 11.1 Å². The number of carbonyl (C=O) groups excluding carboxylic acids is 1. The summed E-state index contributed by atoms with van der Waals surface area (Å²) in [6.45, 7) is 4.19. The Morgan fingerprint density at radius 3 is 2.67 bits per heavy atom. The number of anilines is 1. The summed E-state index contributed by atoms with van der Waals surface area (Å²) >= 11 is 1.55. The molecule has 0 unspecified atom stereocenters. The Morgan fingerprint density at radius 2 is 1.85 bits per heavy atom. The van der Waals surface area contributed by atoms with Crippen molar-refractivity contribution in [3.63, 3.8) is 0 Å². The third-order valence-electron chi connectivity index (χ3n) is 4.51. The summed E-state index contributed by atoms with van der Waals surface area (Å²) < 4.78 is 2.09. The fourth-order valence-electron chi connectivity index (χ4n) is 3.20. The molecule has 0 atom stereocenters. The van der Waals surface area contributed by atoms with Crippen LogP contribution in [0.25, 0.3) is 16.6 Å². The van der Waals surface area contributed by atoms with Gasteiger partial charge in [-0.05, 0) is 43.2 Å². The highest BCUT2D eigenvalue weighted by atomic mass is 32.2. The monoisotopic (exact) mass is 376 g/mol. The molecule has 27 heavy (non-hydrogen) atoms. The molecular formula is C21H20N4OS. The highest BCUT2D eigenvalue weighted by Crippen LogP contribution is 2.28. The van der Waals surface area contributed by atoms with Gasteiger partial charge < -0.3 is 5.32 Å². The van der Waals surface area contributed by atoms with Crippen LogP contribution in [0.2, 0.25) is 0 Å². The minimum absolute atomic E-state index is 0.000552. The zero-order valence-electron chi connectivity index (χ0n) is 15.3. The molecule has 2 aromatic heterocycles. The van der Waals surface area contributed by atoms with Crippen LogP contribution < -0.4 is 5.32 Å². The number of hydrogen-bond donors (Lipinski definition) is 1. The molecule has 1 amide bonds. The lowest BCUT2D eigenvalue weighted by Gasteiger charge is -2.10. The van der Waals surface area contributed by atoms with Crippen LogP contribution in [0.4, 0.5) is 5.69 Å². The standard InChI is InChI=1S/C21H20N4OS/c1-14-7-6-10-17-15(2)13-18-23-24-21(25(18)20(14)17)27-12-11-19(26)22-16-8-4-3-5-9-16/h3-10,13H,11-12H2,1-2H3,(H,22,26). The highest BCUT2D eigenvalue weighted by Gasteiger charge is 2.13. The molecule has 6 heteroatoms. The van der Waals surface area contributed by atoms with Gasteiger partial charge in [-0.2, -0.15) is 0 Å². The van der Waals surface area contributed by atoms with Gasteiger partial charge in [-0.25, -0.2) is 0 Å². The normalized spacial score (nSPS) is 11.2. The topological polar surface area (TPSA) is 59.3 Å². The van der Waals surface area contributed by atoms with Crippen LogP contribution in [0.1, 0.15) is 17.5 Å². The molecule has 2 heterocycles. The van der Waals surface area contributed by atoms with Crippen LogP contribution in [0, 0.1) is 13.8 Å². The van der Waals surface area contributed by atoms with Gasteiger partial charge in [0.2, 0.25) is 5.91 Å². The molecule has 0 saturated carbocycles. The number of thioether (sulfide) groups is 1. The zero-order chi connectivity index (χ0) is 18.8. The van der Waals surface area contributed by atoms with Gasteiger partial charge in [-0.15, -0.1) is 10.2 Å². The first kappa shape index (κ1) is 17.5. The number of hydrogen-bond acceptors (Lipinski definition) is 4. The van der Waals surface area contributed by atoms with Gasteiger partial charge >= 0.3 is 0 Å². The fourth-order valence-corrected chi connectivity index (χ4v) is 4.09. The molecule has 5 nitrogen and oxygen atoms in total. The summed E-state index contributed by atoms with van der Waals surface area (Å²) in [5, 5.41) is 13.6. The van der Waals surface area contributed by atoms with E-state index < -0.39 is 0 Å². The van der Waals surface area contributed by atoms with E-state index in [2.05, 4.69) is 58.0 Å². The number of benzene rings is 2. The highest BCUT2D eigenvalue weighted by molar-refractivity contribution is 7.99. The minimum atomic E-state index is -0.000552. The lowest BCUT2D eigenvalue weighted by molar-refractivity contribution is -0.115. The van der Waals surface area contributed by atoms with Crippen molar-refractivity contribution in [2.45, 2.75) is 25.4 Å². The van der Waals surface area contributed by atoms with Gasteiger partial charge in [0.1, 0.15) is 0 Å². The number of para-hydroxylation sites is 2. The van der Waals surface area contributed by atoms with E-state index in [1.807, 2.05) is 30.3 Å². The molecule has 4 aromatic rings. The third-order valence-corrected chi connectivity index (χ3v) is 5.44. The Hall–Kier alpha value is -2.86. The lowest BCUT2D eigenvalue weighted by Crippen LogP contribution is -2.12. The summed E-state index contributed by atoms with van der Waals surface area (Å²) in [6.07, 6.45) is 0.414. The molecule has 2 aromatic carbocycles. The molecule has 0 bridgehead atoms. The number of nitrogens with zero attached hydrogens (tertiary/aromatic N) is 3. The van der Waals surface area contributed by atoms with Crippen LogP contribution in [0.5, 0.6) is 0 Å². The maximum absolute atomic E-state index is 12.1. The van der Waals surface area contributed by atoms with Gasteiger partial charge in [-0.1, -0.05) is 48.2 Å². The average molecular weight is 376 g/mol. The lowest BCUT2D eigenvalue weighted by atomic mass is 10.1. The molecule has 0 aliphatic rings. The zero-order valence-corrected chi connectivity index (χ0v) is 16.1. The molecule has 0 aliphatic heterocycles. The Kier molecular flexibility index (Phi) is 4.81. The van der Waals surface area contributed by atoms with E-state index >= 15 is 0 Å². The number of amides is 1. The van der Waals surface area contributed by atoms with E-state index in [9.17, 15) is 4.79 Å². The number of rotatable bonds is 5. The van der Waals surface area contributed by atoms with E-state index in [0.29, 0.717) is 12.2 Å². The van der Waals surface area contributed by atoms with E-state index in [1.54, 1.807) is 11.8 Å². The van der Waals surface area contributed by atoms with Gasteiger partial charge in [0.15, 0.2) is 10.8 Å². The minimum Gasteiger partial charge on any atom is -0.326 e. The molecule has 1 N–H and O–H groups in total. The molecule has 0 saturated heterocycles. The molecule has 0 aliphatic carbocycles. The predicted octanol–water partition coefficient (Wildman–Crippen LogP) is 4.62. The van der Waals surface area contributed by atoms with Gasteiger partial charge in [0.25, 0.3) is 0 Å². The number of fused-ring (bicyclic) bond motifs is 3. The summed E-state index contributed by atoms with van der Waals surface area (Å²) in [5.74, 6) is 0.639. The van der Waals surface area contributed by atoms with Gasteiger partial charge in [-0.3, -0.25) is 9.20 Å². The molecule has 0 fully saturated rings. The Morgan fingerprint density at radius 1 is 1.04 bits per heavy atom. The van der Waals surface area contributed by atoms with Gasteiger partial charge in [0, 0.05) is 23.2 Å². The van der Waals surface area contributed by atoms with Crippen molar-refractivity contribution in [3.05, 3.63) is 65.7 Å². The Bertz CT molecular complexity index is 1120. The molecule has 4 rings (SSSR count). The second-order valence-corrected chi connectivity index (χ2v) is 7.55.